The summed E-state index contributed by atoms with van der Waals surface area (Å²) in [6.45, 7) is 6.28. The number of aryl methyl sites for hydroxylation is 1. The summed E-state index contributed by atoms with van der Waals surface area (Å²) >= 11 is 0. The van der Waals surface area contributed by atoms with Crippen LogP contribution in [0.3, 0.4) is 0 Å². The van der Waals surface area contributed by atoms with Gasteiger partial charge in [-0.3, -0.25) is 9.59 Å². The molecule has 1 aliphatic carbocycles. The smallest absolute Gasteiger partial charge is 0.251 e. The third kappa shape index (κ3) is 5.52. The van der Waals surface area contributed by atoms with Crippen LogP contribution in [0.2, 0.25) is 0 Å². The number of nitrogens with one attached hydrogen (secondary N) is 2. The van der Waals surface area contributed by atoms with E-state index in [0.717, 1.165) is 36.6 Å². The molecule has 0 radical (unpaired) electrons. The van der Waals surface area contributed by atoms with E-state index in [0.29, 0.717) is 24.7 Å². The Bertz CT molecular complexity index is 1220. The van der Waals surface area contributed by atoms with Gasteiger partial charge in [-0.25, -0.2) is 0 Å². The van der Waals surface area contributed by atoms with Gasteiger partial charge in [0.2, 0.25) is 5.91 Å². The molecule has 2 fully saturated rings. The molecule has 3 aromatic rings. The van der Waals surface area contributed by atoms with Crippen molar-refractivity contribution in [3.05, 3.63) is 82.9 Å². The number of benzene rings is 3. The van der Waals surface area contributed by atoms with Crippen LogP contribution in [0.25, 0.3) is 10.8 Å². The number of hydrogen-bond acceptors (Lipinski definition) is 3. The SMILES string of the molecule is Cc1cccc(CN(C(=O)C2CNCCC2NC(=O)c2ccc3ccccc3c2)C2CC2)c1C.Cl. The Morgan fingerprint density at radius 1 is 0.971 bits per heavy atom. The standard InChI is InChI=1S/C29H33N3O2.ClH/c1-19-6-5-9-24(20(19)2)18-32(25-12-13-25)29(34)26-17-30-15-14-27(26)31-28(33)23-11-10-21-7-3-4-8-22(21)16-23;/h3-11,16,25-27,30H,12-15,17-18H2,1-2H3,(H,31,33);1H. The minimum Gasteiger partial charge on any atom is -0.348 e. The first-order chi connectivity index (χ1) is 16.5. The molecule has 184 valence electrons. The van der Waals surface area contributed by atoms with Crippen molar-refractivity contribution in [2.45, 2.75) is 51.7 Å². The summed E-state index contributed by atoms with van der Waals surface area (Å²) < 4.78 is 0. The van der Waals surface area contributed by atoms with Crippen molar-refractivity contribution in [3.8, 4) is 0 Å². The van der Waals surface area contributed by atoms with Crippen LogP contribution < -0.4 is 10.6 Å². The van der Waals surface area contributed by atoms with Gasteiger partial charge in [-0.05, 0) is 79.3 Å². The summed E-state index contributed by atoms with van der Waals surface area (Å²) in [7, 11) is 0. The minimum absolute atomic E-state index is 0. The van der Waals surface area contributed by atoms with Crippen molar-refractivity contribution in [3.63, 3.8) is 0 Å². The van der Waals surface area contributed by atoms with Crippen LogP contribution in [0.15, 0.2) is 60.7 Å². The molecule has 2 aliphatic rings. The first kappa shape index (κ1) is 25.2. The van der Waals surface area contributed by atoms with Crippen LogP contribution in [0, 0.1) is 19.8 Å². The van der Waals surface area contributed by atoms with E-state index in [9.17, 15) is 9.59 Å². The van der Waals surface area contributed by atoms with Crippen molar-refractivity contribution in [1.29, 1.82) is 0 Å². The summed E-state index contributed by atoms with van der Waals surface area (Å²) in [5.41, 5.74) is 4.35. The lowest BCUT2D eigenvalue weighted by atomic mass is 9.91. The van der Waals surface area contributed by atoms with Gasteiger partial charge in [0.05, 0.1) is 5.92 Å². The van der Waals surface area contributed by atoms with Gasteiger partial charge in [0.15, 0.2) is 0 Å². The van der Waals surface area contributed by atoms with Gasteiger partial charge >= 0.3 is 0 Å². The van der Waals surface area contributed by atoms with Gasteiger partial charge in [-0.1, -0.05) is 48.5 Å². The molecule has 1 aliphatic heterocycles. The summed E-state index contributed by atoms with van der Waals surface area (Å²) in [6, 6.07) is 20.3. The summed E-state index contributed by atoms with van der Waals surface area (Å²) in [5.74, 6) is -0.216. The third-order valence-corrected chi connectivity index (χ3v) is 7.46. The average molecular weight is 492 g/mol. The number of fused-ring (bicyclic) bond motifs is 1. The van der Waals surface area contributed by atoms with E-state index in [2.05, 4.69) is 47.6 Å². The molecule has 5 nitrogen and oxygen atoms in total. The highest BCUT2D eigenvalue weighted by molar-refractivity contribution is 5.99. The van der Waals surface area contributed by atoms with Crippen molar-refractivity contribution >= 4 is 35.0 Å². The van der Waals surface area contributed by atoms with Gasteiger partial charge < -0.3 is 15.5 Å². The van der Waals surface area contributed by atoms with Crippen LogP contribution in [-0.2, 0) is 11.3 Å². The maximum absolute atomic E-state index is 13.8. The Hall–Kier alpha value is -2.89. The van der Waals surface area contributed by atoms with Gasteiger partial charge in [0, 0.05) is 30.7 Å². The molecule has 0 aromatic heterocycles. The molecule has 2 N–H and O–H groups in total. The van der Waals surface area contributed by atoms with Crippen LogP contribution >= 0.6 is 12.4 Å². The van der Waals surface area contributed by atoms with Crippen LogP contribution in [0.4, 0.5) is 0 Å². The maximum atomic E-state index is 13.8. The van der Waals surface area contributed by atoms with Gasteiger partial charge in [0.1, 0.15) is 0 Å². The lowest BCUT2D eigenvalue weighted by Gasteiger charge is -2.36. The van der Waals surface area contributed by atoms with Crippen molar-refractivity contribution in [2.75, 3.05) is 13.1 Å². The highest BCUT2D eigenvalue weighted by Gasteiger charge is 2.40. The predicted molar refractivity (Wildman–Crippen MR) is 143 cm³/mol. The molecular formula is C29H34ClN3O2. The van der Waals surface area contributed by atoms with Crippen LogP contribution in [0.1, 0.15) is 46.3 Å². The van der Waals surface area contributed by atoms with E-state index in [-0.39, 0.29) is 36.2 Å². The number of rotatable bonds is 6. The number of carbonyl (C=O) groups excluding carboxylic acids is 2. The lowest BCUT2D eigenvalue weighted by molar-refractivity contribution is -0.138. The summed E-state index contributed by atoms with van der Waals surface area (Å²) in [6.07, 6.45) is 2.87. The molecule has 6 heteroatoms. The van der Waals surface area contributed by atoms with E-state index in [1.54, 1.807) is 0 Å². The number of piperidine rings is 1. The molecule has 2 atom stereocenters. The van der Waals surface area contributed by atoms with Crippen molar-refractivity contribution in [1.82, 2.24) is 15.5 Å². The molecule has 3 aromatic carbocycles. The Morgan fingerprint density at radius 3 is 2.51 bits per heavy atom. The van der Waals surface area contributed by atoms with E-state index >= 15 is 0 Å². The topological polar surface area (TPSA) is 61.4 Å². The Labute approximate surface area is 213 Å². The largest absolute Gasteiger partial charge is 0.348 e. The molecule has 0 spiro atoms. The normalized spacial score (nSPS) is 19.6. The molecule has 35 heavy (non-hydrogen) atoms. The van der Waals surface area contributed by atoms with Crippen LogP contribution in [0.5, 0.6) is 0 Å². The zero-order valence-electron chi connectivity index (χ0n) is 20.4. The van der Waals surface area contributed by atoms with Crippen molar-refractivity contribution < 1.29 is 9.59 Å². The van der Waals surface area contributed by atoms with Crippen molar-refractivity contribution in [2.24, 2.45) is 5.92 Å². The Morgan fingerprint density at radius 2 is 1.74 bits per heavy atom. The fourth-order valence-corrected chi connectivity index (χ4v) is 5.03. The first-order valence-corrected chi connectivity index (χ1v) is 12.4. The number of nitrogens with zero attached hydrogens (tertiary/aromatic N) is 1. The zero-order valence-corrected chi connectivity index (χ0v) is 21.2. The number of hydrogen-bond donors (Lipinski definition) is 2. The molecule has 1 saturated carbocycles. The quantitative estimate of drug-likeness (QED) is 0.521. The number of amides is 2. The predicted octanol–water partition coefficient (Wildman–Crippen LogP) is 4.78. The second-order valence-electron chi connectivity index (χ2n) is 9.80. The van der Waals surface area contributed by atoms with Gasteiger partial charge in [0.25, 0.3) is 5.91 Å². The van der Waals surface area contributed by atoms with E-state index in [1.807, 2.05) is 42.5 Å². The van der Waals surface area contributed by atoms with Crippen LogP contribution in [-0.4, -0.2) is 41.9 Å². The highest BCUT2D eigenvalue weighted by atomic mass is 35.5. The Balaban J connectivity index is 0.00000289. The zero-order chi connectivity index (χ0) is 23.7. The highest BCUT2D eigenvalue weighted by Crippen LogP contribution is 2.32. The fourth-order valence-electron chi connectivity index (χ4n) is 5.03. The lowest BCUT2D eigenvalue weighted by Crippen LogP contribution is -2.55. The fraction of sp³-hybridized carbons (Fsp3) is 0.379. The second-order valence-corrected chi connectivity index (χ2v) is 9.80. The molecular weight excluding hydrogens is 458 g/mol. The first-order valence-electron chi connectivity index (χ1n) is 12.4. The summed E-state index contributed by atoms with van der Waals surface area (Å²) in [5, 5.41) is 8.74. The van der Waals surface area contributed by atoms with E-state index in [4.69, 9.17) is 0 Å². The average Bonchev–Trinajstić information content (AvgIpc) is 3.70. The number of carbonyl (C=O) groups is 2. The Kier molecular flexibility index (Phi) is 7.78. The molecule has 2 unspecified atom stereocenters. The van der Waals surface area contributed by atoms with Gasteiger partial charge in [-0.2, -0.15) is 0 Å². The molecule has 2 amide bonds. The molecule has 1 saturated heterocycles. The van der Waals surface area contributed by atoms with Gasteiger partial charge in [-0.15, -0.1) is 12.4 Å². The number of halogens is 1. The minimum atomic E-state index is -0.260. The van der Waals surface area contributed by atoms with E-state index in [1.165, 1.54) is 16.7 Å². The van der Waals surface area contributed by atoms with E-state index < -0.39 is 0 Å². The molecule has 1 heterocycles. The maximum Gasteiger partial charge on any atom is 0.251 e. The second kappa shape index (κ2) is 10.8. The summed E-state index contributed by atoms with van der Waals surface area (Å²) in [4.78, 5) is 29.0. The third-order valence-electron chi connectivity index (χ3n) is 7.46. The molecule has 5 rings (SSSR count). The monoisotopic (exact) mass is 491 g/mol. The molecule has 0 bridgehead atoms.